The second-order valence-corrected chi connectivity index (χ2v) is 6.60. The summed E-state index contributed by atoms with van der Waals surface area (Å²) in [7, 11) is 0. The van der Waals surface area contributed by atoms with Crippen LogP contribution >= 0.6 is 0 Å². The van der Waals surface area contributed by atoms with Gasteiger partial charge in [-0.25, -0.2) is 4.79 Å². The maximum absolute atomic E-state index is 12.4. The summed E-state index contributed by atoms with van der Waals surface area (Å²) in [4.78, 5) is 14.0. The van der Waals surface area contributed by atoms with Crippen molar-refractivity contribution in [2.24, 2.45) is 0 Å². The third kappa shape index (κ3) is 3.70. The number of anilines is 1. The number of rotatable bonds is 6. The number of aliphatic hydroxyl groups is 1. The SMILES string of the molecule is O=C1OC(CO)C(c2ccc(OCc3ccccc3)cc2)N1c1ccccc1. The first-order valence-electron chi connectivity index (χ1n) is 9.18. The molecule has 0 aromatic heterocycles. The Morgan fingerprint density at radius 1 is 0.893 bits per heavy atom. The molecular formula is C23H21NO4. The molecule has 1 aliphatic heterocycles. The van der Waals surface area contributed by atoms with Crippen molar-refractivity contribution in [1.29, 1.82) is 0 Å². The van der Waals surface area contributed by atoms with Gasteiger partial charge in [0.1, 0.15) is 18.4 Å². The first-order valence-corrected chi connectivity index (χ1v) is 9.18. The lowest BCUT2D eigenvalue weighted by Gasteiger charge is -2.24. The molecule has 1 amide bonds. The zero-order chi connectivity index (χ0) is 19.3. The molecule has 1 heterocycles. The molecule has 4 rings (SSSR count). The molecule has 1 saturated heterocycles. The lowest BCUT2D eigenvalue weighted by molar-refractivity contribution is 0.0829. The predicted molar refractivity (Wildman–Crippen MR) is 106 cm³/mol. The summed E-state index contributed by atoms with van der Waals surface area (Å²) in [5.74, 6) is 0.740. The van der Waals surface area contributed by atoms with Gasteiger partial charge in [0.25, 0.3) is 0 Å². The highest BCUT2D eigenvalue weighted by Gasteiger charge is 2.43. The van der Waals surface area contributed by atoms with Crippen LogP contribution < -0.4 is 9.64 Å². The molecule has 0 saturated carbocycles. The average molecular weight is 375 g/mol. The Bertz CT molecular complexity index is 912. The molecule has 0 bridgehead atoms. The molecule has 142 valence electrons. The van der Waals surface area contributed by atoms with Gasteiger partial charge in [0.15, 0.2) is 6.10 Å². The van der Waals surface area contributed by atoms with E-state index >= 15 is 0 Å². The fourth-order valence-corrected chi connectivity index (χ4v) is 3.39. The highest BCUT2D eigenvalue weighted by molar-refractivity contribution is 5.91. The summed E-state index contributed by atoms with van der Waals surface area (Å²) in [5.41, 5.74) is 2.70. The minimum absolute atomic E-state index is 0.244. The van der Waals surface area contributed by atoms with E-state index in [1.165, 1.54) is 0 Å². The first kappa shape index (κ1) is 18.1. The van der Waals surface area contributed by atoms with Crippen LogP contribution in [0, 0.1) is 0 Å². The summed E-state index contributed by atoms with van der Waals surface area (Å²) < 4.78 is 11.2. The molecule has 1 aliphatic rings. The van der Waals surface area contributed by atoms with E-state index in [1.807, 2.05) is 84.9 Å². The number of amides is 1. The number of hydrogen-bond acceptors (Lipinski definition) is 4. The van der Waals surface area contributed by atoms with Gasteiger partial charge in [-0.15, -0.1) is 0 Å². The zero-order valence-corrected chi connectivity index (χ0v) is 15.3. The quantitative estimate of drug-likeness (QED) is 0.697. The summed E-state index contributed by atoms with van der Waals surface area (Å²) in [6.45, 7) is 0.243. The minimum Gasteiger partial charge on any atom is -0.489 e. The topological polar surface area (TPSA) is 59.0 Å². The molecule has 2 unspecified atom stereocenters. The summed E-state index contributed by atoms with van der Waals surface area (Å²) in [5, 5.41) is 9.72. The number of carbonyl (C=O) groups excluding carboxylic acids is 1. The van der Waals surface area contributed by atoms with Gasteiger partial charge in [0, 0.05) is 5.69 Å². The van der Waals surface area contributed by atoms with E-state index in [0.29, 0.717) is 6.61 Å². The average Bonchev–Trinajstić information content (AvgIpc) is 3.10. The third-order valence-electron chi connectivity index (χ3n) is 4.76. The fraction of sp³-hybridized carbons (Fsp3) is 0.174. The number of benzene rings is 3. The predicted octanol–water partition coefficient (Wildman–Crippen LogP) is 4.32. The molecule has 1 fully saturated rings. The molecule has 1 N–H and O–H groups in total. The van der Waals surface area contributed by atoms with Crippen molar-refractivity contribution in [3.8, 4) is 5.75 Å². The van der Waals surface area contributed by atoms with Gasteiger partial charge in [0.2, 0.25) is 0 Å². The van der Waals surface area contributed by atoms with E-state index in [1.54, 1.807) is 4.90 Å². The zero-order valence-electron chi connectivity index (χ0n) is 15.3. The molecule has 5 nitrogen and oxygen atoms in total. The summed E-state index contributed by atoms with van der Waals surface area (Å²) in [6, 6.07) is 26.5. The van der Waals surface area contributed by atoms with Crippen molar-refractivity contribution in [3.63, 3.8) is 0 Å². The summed E-state index contributed by atoms with van der Waals surface area (Å²) in [6.07, 6.45) is -1.08. The van der Waals surface area contributed by atoms with Gasteiger partial charge in [-0.1, -0.05) is 60.7 Å². The Balaban J connectivity index is 1.54. The molecule has 3 aromatic carbocycles. The Morgan fingerprint density at radius 3 is 2.18 bits per heavy atom. The van der Waals surface area contributed by atoms with Gasteiger partial charge >= 0.3 is 6.09 Å². The number of carbonyl (C=O) groups is 1. The second-order valence-electron chi connectivity index (χ2n) is 6.60. The van der Waals surface area contributed by atoms with Crippen molar-refractivity contribution < 1.29 is 19.4 Å². The Kier molecular flexibility index (Phi) is 5.26. The van der Waals surface area contributed by atoms with Gasteiger partial charge < -0.3 is 14.6 Å². The van der Waals surface area contributed by atoms with Crippen LogP contribution in [0.25, 0.3) is 0 Å². The van der Waals surface area contributed by atoms with Crippen molar-refractivity contribution in [2.75, 3.05) is 11.5 Å². The maximum Gasteiger partial charge on any atom is 0.415 e. The van der Waals surface area contributed by atoms with Crippen molar-refractivity contribution in [1.82, 2.24) is 0 Å². The van der Waals surface area contributed by atoms with Gasteiger partial charge in [-0.3, -0.25) is 4.90 Å². The smallest absolute Gasteiger partial charge is 0.415 e. The lowest BCUT2D eigenvalue weighted by Crippen LogP contribution is -2.30. The lowest BCUT2D eigenvalue weighted by atomic mass is 10.0. The number of cyclic esters (lactones) is 1. The normalized spacial score (nSPS) is 18.8. The number of hydrogen-bond donors (Lipinski definition) is 1. The molecule has 2 atom stereocenters. The van der Waals surface area contributed by atoms with E-state index in [0.717, 1.165) is 22.6 Å². The molecule has 28 heavy (non-hydrogen) atoms. The number of nitrogens with zero attached hydrogens (tertiary/aromatic N) is 1. The molecular weight excluding hydrogens is 354 g/mol. The van der Waals surface area contributed by atoms with Crippen LogP contribution in [0.15, 0.2) is 84.9 Å². The molecule has 3 aromatic rings. The van der Waals surface area contributed by atoms with Gasteiger partial charge in [0.05, 0.1) is 6.61 Å². The Hall–Kier alpha value is -3.31. The van der Waals surface area contributed by atoms with Crippen LogP contribution in [0.1, 0.15) is 17.2 Å². The molecule has 0 spiro atoms. The van der Waals surface area contributed by atoms with E-state index < -0.39 is 18.2 Å². The van der Waals surface area contributed by atoms with E-state index in [-0.39, 0.29) is 6.61 Å². The molecule has 5 heteroatoms. The van der Waals surface area contributed by atoms with Crippen LogP contribution in [0.2, 0.25) is 0 Å². The van der Waals surface area contributed by atoms with Gasteiger partial charge in [-0.05, 0) is 35.4 Å². The van der Waals surface area contributed by atoms with Crippen molar-refractivity contribution in [3.05, 3.63) is 96.1 Å². The van der Waals surface area contributed by atoms with E-state index in [2.05, 4.69) is 0 Å². The van der Waals surface area contributed by atoms with Crippen LogP contribution in [0.5, 0.6) is 5.75 Å². The second kappa shape index (κ2) is 8.15. The van der Waals surface area contributed by atoms with Crippen LogP contribution in [-0.4, -0.2) is 23.9 Å². The number of aliphatic hydroxyl groups excluding tert-OH is 1. The monoisotopic (exact) mass is 375 g/mol. The molecule has 0 radical (unpaired) electrons. The fourth-order valence-electron chi connectivity index (χ4n) is 3.39. The standard InChI is InChI=1S/C23H21NO4/c25-15-21-22(24(23(26)28-21)19-9-5-2-6-10-19)18-11-13-20(14-12-18)27-16-17-7-3-1-4-8-17/h1-14,21-22,25H,15-16H2. The van der Waals surface area contributed by atoms with Crippen molar-refractivity contribution >= 4 is 11.8 Å². The molecule has 0 aliphatic carbocycles. The van der Waals surface area contributed by atoms with Gasteiger partial charge in [-0.2, -0.15) is 0 Å². The Labute approximate surface area is 163 Å². The van der Waals surface area contributed by atoms with Crippen molar-refractivity contribution in [2.45, 2.75) is 18.8 Å². The Morgan fingerprint density at radius 2 is 1.54 bits per heavy atom. The third-order valence-corrected chi connectivity index (χ3v) is 4.76. The summed E-state index contributed by atoms with van der Waals surface area (Å²) >= 11 is 0. The van der Waals surface area contributed by atoms with E-state index in [4.69, 9.17) is 9.47 Å². The van der Waals surface area contributed by atoms with Crippen LogP contribution in [0.4, 0.5) is 10.5 Å². The maximum atomic E-state index is 12.4. The number of para-hydroxylation sites is 1. The first-order chi connectivity index (χ1) is 13.8. The number of ether oxygens (including phenoxy) is 2. The van der Waals surface area contributed by atoms with Crippen LogP contribution in [0.3, 0.4) is 0 Å². The highest BCUT2D eigenvalue weighted by atomic mass is 16.6. The minimum atomic E-state index is -0.621. The van der Waals surface area contributed by atoms with Crippen LogP contribution in [-0.2, 0) is 11.3 Å². The van der Waals surface area contributed by atoms with E-state index in [9.17, 15) is 9.90 Å². The largest absolute Gasteiger partial charge is 0.489 e. The highest BCUT2D eigenvalue weighted by Crippen LogP contribution is 2.37.